The van der Waals surface area contributed by atoms with Crippen molar-refractivity contribution in [2.75, 3.05) is 18.0 Å². The summed E-state index contributed by atoms with van der Waals surface area (Å²) < 4.78 is 80.6. The van der Waals surface area contributed by atoms with Crippen LogP contribution < -0.4 is 134 Å². The number of hydrogen-bond acceptors (Lipinski definition) is 18. The zero-order chi connectivity index (χ0) is 54.4. The second-order valence-corrected chi connectivity index (χ2v) is 21.2. The molecule has 17 nitrogen and oxygen atoms in total. The summed E-state index contributed by atoms with van der Waals surface area (Å²) in [6, 6.07) is 43.3. The standard InChI is InChI=1S/C37H36N2O6S2.C18H16N2O7S2.4Na/c1-3-38(26-28-10-8-14-35(24-28)46-45-44-40)33-20-16-31(17-21-33)37(30-12-6-5-7-13-30)32-18-22-34(23-19-32)39(4-2)27-29-11-9-15-36(25-29)47(41,42)43;1-10-7-11(2)17(15(8-10)28-27-26-22)20-19-14-9-16(29(23,24)25)12-5-3-4-6-13(12)18(14)21;;;;/h5-25H,3-4,26-27H2,1-2H3,(H-,40,41,42,43);3-9,21-22H,1-2H3,(H,23,24,25);;;;/q;;4*+1/p-3. The number of hydrogen-bond donors (Lipinski definition) is 1. The zero-order valence-electron chi connectivity index (χ0n) is 45.3. The van der Waals surface area contributed by atoms with Gasteiger partial charge in [-0.1, -0.05) is 97.1 Å². The Kier molecular flexibility index (Phi) is 30.5. The average molecular weight is 1190 g/mol. The van der Waals surface area contributed by atoms with E-state index in [9.17, 15) is 41.6 Å². The Morgan fingerprint density at radius 1 is 0.650 bits per heavy atom. The molecule has 1 aliphatic rings. The van der Waals surface area contributed by atoms with Crippen LogP contribution in [0.4, 0.5) is 17.1 Å². The minimum atomic E-state index is -4.82. The maximum absolute atomic E-state index is 11.7. The van der Waals surface area contributed by atoms with Crippen LogP contribution in [0.5, 0.6) is 5.75 Å². The van der Waals surface area contributed by atoms with Crippen LogP contribution in [0.2, 0.25) is 0 Å². The van der Waals surface area contributed by atoms with Crippen LogP contribution in [0.3, 0.4) is 0 Å². The largest absolute Gasteiger partial charge is 1.00 e. The fraction of sp³-hybridized carbons (Fsp3) is 0.145. The van der Waals surface area contributed by atoms with E-state index in [1.54, 1.807) is 31.2 Å². The van der Waals surface area contributed by atoms with Gasteiger partial charge in [-0.25, -0.2) is 21.4 Å². The van der Waals surface area contributed by atoms with Gasteiger partial charge in [0, 0.05) is 52.2 Å². The van der Waals surface area contributed by atoms with Crippen molar-refractivity contribution in [1.82, 2.24) is 0 Å². The molecule has 1 N–H and O–H groups in total. The number of phenolic OH excluding ortho intramolecular Hbond substituents is 1. The summed E-state index contributed by atoms with van der Waals surface area (Å²) in [7, 11) is -9.34. The monoisotopic (exact) mass is 1190 g/mol. The van der Waals surface area contributed by atoms with E-state index in [2.05, 4.69) is 106 Å². The number of fused-ring (bicyclic) bond motifs is 1. The van der Waals surface area contributed by atoms with Crippen molar-refractivity contribution in [2.45, 2.75) is 60.4 Å². The molecule has 0 fully saturated rings. The quantitative estimate of drug-likeness (QED) is 0.0178. The molecule has 0 atom stereocenters. The molecule has 7 aromatic carbocycles. The Hall–Kier alpha value is -2.83. The molecule has 394 valence electrons. The second kappa shape index (κ2) is 34.2. The van der Waals surface area contributed by atoms with Gasteiger partial charge in [0.2, 0.25) is 0 Å². The summed E-state index contributed by atoms with van der Waals surface area (Å²) in [5.41, 5.74) is 9.92. The van der Waals surface area contributed by atoms with Crippen LogP contribution in [0.15, 0.2) is 205 Å². The molecule has 0 saturated carbocycles. The van der Waals surface area contributed by atoms with Gasteiger partial charge in [0.1, 0.15) is 38.2 Å². The normalized spacial score (nSPS) is 11.9. The van der Waals surface area contributed by atoms with E-state index in [-0.39, 0.29) is 145 Å². The molecule has 7 aromatic rings. The maximum atomic E-state index is 11.7. The summed E-state index contributed by atoms with van der Waals surface area (Å²) in [6.45, 7) is 10.4. The predicted octanol–water partition coefficient (Wildman–Crippen LogP) is -1.82. The molecule has 0 radical (unpaired) electrons. The Balaban J connectivity index is 0.000000441. The molecule has 8 rings (SSSR count). The topological polar surface area (TPSA) is 249 Å². The number of nitrogens with zero attached hydrogens (tertiary/aromatic N) is 4. The third-order valence-corrected chi connectivity index (χ3v) is 14.8. The third-order valence-electron chi connectivity index (χ3n) is 11.9. The molecule has 1 aliphatic carbocycles. The number of benzene rings is 7. The number of aryl methyl sites for hydroxylation is 2. The van der Waals surface area contributed by atoms with Crippen LogP contribution in [0.1, 0.15) is 47.2 Å². The Labute approximate surface area is 562 Å². The molecule has 0 saturated heterocycles. The van der Waals surface area contributed by atoms with Crippen LogP contribution in [0, 0.1) is 13.8 Å². The number of allylic oxidation sites excluding steroid dienone is 5. The van der Waals surface area contributed by atoms with Crippen LogP contribution in [-0.4, -0.2) is 54.4 Å². The van der Waals surface area contributed by atoms with E-state index in [1.807, 2.05) is 68.4 Å². The molecule has 0 aromatic heterocycles. The first-order valence-corrected chi connectivity index (χ1v) is 27.6. The number of azo groups is 1. The minimum absolute atomic E-state index is 0. The van der Waals surface area contributed by atoms with Gasteiger partial charge >= 0.3 is 118 Å². The van der Waals surface area contributed by atoms with E-state index in [4.69, 9.17) is 0 Å². The Bertz CT molecular complexity index is 3600. The Morgan fingerprint density at radius 3 is 1.89 bits per heavy atom. The summed E-state index contributed by atoms with van der Waals surface area (Å²) >= 11 is 1.51. The summed E-state index contributed by atoms with van der Waals surface area (Å²) in [4.78, 5) is 2.74. The summed E-state index contributed by atoms with van der Waals surface area (Å²) in [5, 5.41) is 46.0. The van der Waals surface area contributed by atoms with Crippen LogP contribution in [0.25, 0.3) is 16.3 Å². The van der Waals surface area contributed by atoms with E-state index >= 15 is 0 Å². The van der Waals surface area contributed by atoms with Crippen molar-refractivity contribution < 1.29 is 183 Å². The maximum Gasteiger partial charge on any atom is 1.00 e. The van der Waals surface area contributed by atoms with Gasteiger partial charge in [-0.15, -0.1) is 10.2 Å². The van der Waals surface area contributed by atoms with E-state index in [0.29, 0.717) is 47.8 Å². The van der Waals surface area contributed by atoms with Crippen molar-refractivity contribution >= 4 is 83.4 Å². The predicted molar refractivity (Wildman–Crippen MR) is 284 cm³/mol. The summed E-state index contributed by atoms with van der Waals surface area (Å²) in [6.07, 6.45) is 8.36. The van der Waals surface area contributed by atoms with Crippen molar-refractivity contribution in [3.8, 4) is 5.75 Å². The second-order valence-electron chi connectivity index (χ2n) is 16.9. The van der Waals surface area contributed by atoms with Gasteiger partial charge in [-0.05, 0) is 127 Å². The smallest absolute Gasteiger partial charge is 0.744 e. The van der Waals surface area contributed by atoms with Crippen molar-refractivity contribution in [3.05, 3.63) is 209 Å². The first-order valence-electron chi connectivity index (χ1n) is 23.3. The molecule has 0 spiro atoms. The molecule has 0 heterocycles. The van der Waals surface area contributed by atoms with Crippen molar-refractivity contribution in [1.29, 1.82) is 0 Å². The van der Waals surface area contributed by atoms with Gasteiger partial charge in [0.25, 0.3) is 0 Å². The number of anilines is 1. The molecule has 25 heteroatoms. The fourth-order valence-corrected chi connectivity index (χ4v) is 10.7. The Morgan fingerprint density at radius 2 is 1.26 bits per heavy atom. The molecule has 0 bridgehead atoms. The SMILES string of the molecule is CCN(Cc1cccc(SOO[O-])c1)c1ccc(C(=C2C=CC(=[N+](CC)Cc3cccc(S(=O)(=O)[O-])c3)C=C2)c2ccccc2)cc1.Cc1cc(C)c(N=Nc2cc(S(=O)(=O)[O-])c3ccccc3c2O)c(SOO[O-])c1.[Na+].[Na+].[Na+].[Na+]. The van der Waals surface area contributed by atoms with Crippen LogP contribution in [-0.2, 0) is 52.1 Å². The first kappa shape index (κ1) is 71.4. The van der Waals surface area contributed by atoms with E-state index in [0.717, 1.165) is 79.9 Å². The van der Waals surface area contributed by atoms with Crippen molar-refractivity contribution in [3.63, 3.8) is 0 Å². The van der Waals surface area contributed by atoms with Gasteiger partial charge in [0.15, 0.2) is 18.0 Å². The summed E-state index contributed by atoms with van der Waals surface area (Å²) in [5.74, 6) is -0.324. The third kappa shape index (κ3) is 19.6. The van der Waals surface area contributed by atoms with E-state index < -0.39 is 25.1 Å². The molecule has 80 heavy (non-hydrogen) atoms. The zero-order valence-corrected chi connectivity index (χ0v) is 56.5. The van der Waals surface area contributed by atoms with Gasteiger partial charge in [-0.3, -0.25) is 10.1 Å². The molecular weight excluding hydrogens is 1140 g/mol. The van der Waals surface area contributed by atoms with Gasteiger partial charge < -0.3 is 29.6 Å². The van der Waals surface area contributed by atoms with E-state index in [1.165, 1.54) is 24.3 Å². The van der Waals surface area contributed by atoms with Gasteiger partial charge in [-0.2, -0.15) is 8.67 Å². The molecule has 0 unspecified atom stereocenters. The first-order chi connectivity index (χ1) is 36.5. The molecular formula is C55H49N4Na4O13S4+. The number of aromatic hydroxyl groups is 1. The molecule has 0 aliphatic heterocycles. The minimum Gasteiger partial charge on any atom is -0.744 e. The van der Waals surface area contributed by atoms with Crippen LogP contribution >= 0.6 is 24.1 Å². The average Bonchev–Trinajstić information content (AvgIpc) is 3.42. The van der Waals surface area contributed by atoms with Gasteiger partial charge in [0.05, 0.1) is 38.8 Å². The van der Waals surface area contributed by atoms with Crippen molar-refractivity contribution in [2.24, 2.45) is 10.2 Å². The number of rotatable bonds is 19. The fourth-order valence-electron chi connectivity index (χ4n) is 8.41. The number of phenols is 1. The molecule has 0 amide bonds.